The molecule has 27 heavy (non-hydrogen) atoms. The lowest BCUT2D eigenvalue weighted by molar-refractivity contribution is 0.421. The lowest BCUT2D eigenvalue weighted by Gasteiger charge is -2.11. The van der Waals surface area contributed by atoms with E-state index in [1.807, 2.05) is 36.4 Å². The molecule has 2 aromatic carbocycles. The van der Waals surface area contributed by atoms with Crippen molar-refractivity contribution in [2.75, 3.05) is 5.32 Å². The number of aryl methyl sites for hydroxylation is 1. The van der Waals surface area contributed by atoms with Crippen LogP contribution in [0.2, 0.25) is 0 Å². The van der Waals surface area contributed by atoms with Gasteiger partial charge in [0, 0.05) is 23.2 Å². The first-order valence-corrected chi connectivity index (χ1v) is 9.17. The first-order chi connectivity index (χ1) is 13.3. The Kier molecular flexibility index (Phi) is 3.81. The molecule has 0 radical (unpaired) electrons. The van der Waals surface area contributed by atoms with Gasteiger partial charge < -0.3 is 9.84 Å². The van der Waals surface area contributed by atoms with Crippen molar-refractivity contribution in [3.05, 3.63) is 65.5 Å². The van der Waals surface area contributed by atoms with E-state index < -0.39 is 0 Å². The maximum atomic E-state index is 5.46. The van der Waals surface area contributed by atoms with Crippen LogP contribution in [-0.4, -0.2) is 20.3 Å². The van der Waals surface area contributed by atoms with Crippen molar-refractivity contribution < 1.29 is 4.52 Å². The van der Waals surface area contributed by atoms with Crippen molar-refractivity contribution in [2.45, 2.75) is 32.2 Å². The summed E-state index contributed by atoms with van der Waals surface area (Å²) in [7, 11) is 0. The summed E-state index contributed by atoms with van der Waals surface area (Å²) in [6.07, 6.45) is 2.26. The van der Waals surface area contributed by atoms with Gasteiger partial charge in [0.15, 0.2) is 17.3 Å². The number of benzene rings is 2. The number of aromatic nitrogens is 4. The van der Waals surface area contributed by atoms with Crippen LogP contribution in [0.1, 0.15) is 35.7 Å². The summed E-state index contributed by atoms with van der Waals surface area (Å²) in [5.74, 6) is 2.40. The van der Waals surface area contributed by atoms with Gasteiger partial charge in [-0.15, -0.1) is 10.2 Å². The summed E-state index contributed by atoms with van der Waals surface area (Å²) in [5, 5.41) is 18.3. The topological polar surface area (TPSA) is 76.7 Å². The zero-order valence-electron chi connectivity index (χ0n) is 15.0. The van der Waals surface area contributed by atoms with Gasteiger partial charge in [0.1, 0.15) is 0 Å². The van der Waals surface area contributed by atoms with E-state index in [4.69, 9.17) is 4.52 Å². The molecule has 5 rings (SSSR count). The second-order valence-electron chi connectivity index (χ2n) is 6.95. The SMILES string of the molecule is Cc1ccccc1CNc1nnc(-c2nc(C3CC3)no2)c2ccccc12. The lowest BCUT2D eigenvalue weighted by atomic mass is 10.1. The Morgan fingerprint density at radius 2 is 1.78 bits per heavy atom. The van der Waals surface area contributed by atoms with Crippen molar-refractivity contribution in [1.82, 2.24) is 20.3 Å². The first kappa shape index (κ1) is 15.9. The van der Waals surface area contributed by atoms with Crippen LogP contribution in [-0.2, 0) is 6.54 Å². The molecule has 2 aromatic heterocycles. The predicted molar refractivity (Wildman–Crippen MR) is 103 cm³/mol. The highest BCUT2D eigenvalue weighted by Crippen LogP contribution is 2.39. The Labute approximate surface area is 156 Å². The van der Waals surface area contributed by atoms with Gasteiger partial charge in [-0.25, -0.2) is 0 Å². The van der Waals surface area contributed by atoms with Crippen molar-refractivity contribution in [2.24, 2.45) is 0 Å². The Bertz CT molecular complexity index is 1120. The summed E-state index contributed by atoms with van der Waals surface area (Å²) >= 11 is 0. The quantitative estimate of drug-likeness (QED) is 0.567. The Balaban J connectivity index is 1.50. The number of hydrogen-bond acceptors (Lipinski definition) is 6. The second-order valence-corrected chi connectivity index (χ2v) is 6.95. The van der Waals surface area contributed by atoms with Gasteiger partial charge in [0.05, 0.1) is 0 Å². The van der Waals surface area contributed by atoms with E-state index in [9.17, 15) is 0 Å². The maximum Gasteiger partial charge on any atom is 0.279 e. The van der Waals surface area contributed by atoms with Crippen LogP contribution < -0.4 is 5.32 Å². The molecule has 2 heterocycles. The third-order valence-electron chi connectivity index (χ3n) is 4.98. The Morgan fingerprint density at radius 3 is 2.59 bits per heavy atom. The van der Waals surface area contributed by atoms with Crippen LogP contribution in [0, 0.1) is 6.92 Å². The van der Waals surface area contributed by atoms with Gasteiger partial charge in [-0.05, 0) is 30.9 Å². The van der Waals surface area contributed by atoms with Gasteiger partial charge in [-0.3, -0.25) is 0 Å². The largest absolute Gasteiger partial charge is 0.364 e. The van der Waals surface area contributed by atoms with Crippen LogP contribution in [0.3, 0.4) is 0 Å². The molecular weight excluding hydrogens is 338 g/mol. The molecule has 0 bridgehead atoms. The molecule has 1 saturated carbocycles. The molecule has 1 fully saturated rings. The van der Waals surface area contributed by atoms with E-state index in [0.717, 1.165) is 35.3 Å². The third-order valence-corrected chi connectivity index (χ3v) is 4.98. The van der Waals surface area contributed by atoms with Crippen LogP contribution in [0.15, 0.2) is 53.1 Å². The summed E-state index contributed by atoms with van der Waals surface area (Å²) in [5.41, 5.74) is 3.11. The zero-order chi connectivity index (χ0) is 18.2. The zero-order valence-corrected chi connectivity index (χ0v) is 15.0. The number of hydrogen-bond donors (Lipinski definition) is 1. The molecule has 0 atom stereocenters. The fourth-order valence-electron chi connectivity index (χ4n) is 3.22. The predicted octanol–water partition coefficient (Wildman–Crippen LogP) is 4.48. The fourth-order valence-corrected chi connectivity index (χ4v) is 3.22. The number of anilines is 1. The molecule has 0 aliphatic heterocycles. The molecule has 0 unspecified atom stereocenters. The highest BCUT2D eigenvalue weighted by Gasteiger charge is 2.29. The number of nitrogens with zero attached hydrogens (tertiary/aromatic N) is 4. The average Bonchev–Trinajstić information content (AvgIpc) is 3.44. The summed E-state index contributed by atoms with van der Waals surface area (Å²) in [4.78, 5) is 4.53. The fraction of sp³-hybridized carbons (Fsp3) is 0.238. The van der Waals surface area contributed by atoms with Crippen molar-refractivity contribution in [1.29, 1.82) is 0 Å². The summed E-state index contributed by atoms with van der Waals surface area (Å²) in [6, 6.07) is 16.3. The minimum atomic E-state index is 0.436. The molecule has 6 nitrogen and oxygen atoms in total. The van der Waals surface area contributed by atoms with Crippen molar-refractivity contribution in [3.63, 3.8) is 0 Å². The molecular formula is C21H19N5O. The molecule has 0 spiro atoms. The first-order valence-electron chi connectivity index (χ1n) is 9.17. The van der Waals surface area contributed by atoms with Crippen LogP contribution in [0.4, 0.5) is 5.82 Å². The van der Waals surface area contributed by atoms with Crippen LogP contribution in [0.25, 0.3) is 22.4 Å². The summed E-state index contributed by atoms with van der Waals surface area (Å²) < 4.78 is 5.46. The number of fused-ring (bicyclic) bond motifs is 1. The maximum absolute atomic E-state index is 5.46. The third kappa shape index (κ3) is 3.03. The standard InChI is InChI=1S/C21H19N5O/c1-13-6-2-3-7-15(13)12-22-20-17-9-5-4-8-16(17)18(24-25-20)21-23-19(26-27-21)14-10-11-14/h2-9,14H,10-12H2,1H3,(H,22,25). The number of nitrogens with one attached hydrogen (secondary N) is 1. The van der Waals surface area contributed by atoms with E-state index in [1.54, 1.807) is 0 Å². The van der Waals surface area contributed by atoms with E-state index in [0.29, 0.717) is 24.0 Å². The highest BCUT2D eigenvalue weighted by atomic mass is 16.5. The van der Waals surface area contributed by atoms with Gasteiger partial charge in [0.25, 0.3) is 5.89 Å². The van der Waals surface area contributed by atoms with Gasteiger partial charge in [-0.2, -0.15) is 4.98 Å². The van der Waals surface area contributed by atoms with E-state index in [2.05, 4.69) is 44.7 Å². The van der Waals surface area contributed by atoms with Gasteiger partial charge in [0.2, 0.25) is 0 Å². The van der Waals surface area contributed by atoms with Gasteiger partial charge >= 0.3 is 0 Å². The highest BCUT2D eigenvalue weighted by molar-refractivity contribution is 5.98. The van der Waals surface area contributed by atoms with Crippen molar-refractivity contribution in [3.8, 4) is 11.6 Å². The molecule has 0 amide bonds. The normalized spacial score (nSPS) is 13.8. The molecule has 0 saturated heterocycles. The van der Waals surface area contributed by atoms with E-state index in [-0.39, 0.29) is 0 Å². The molecule has 6 heteroatoms. The smallest absolute Gasteiger partial charge is 0.279 e. The van der Waals surface area contributed by atoms with E-state index >= 15 is 0 Å². The van der Waals surface area contributed by atoms with Crippen molar-refractivity contribution >= 4 is 16.6 Å². The second kappa shape index (κ2) is 6.46. The Morgan fingerprint density at radius 1 is 1.00 bits per heavy atom. The van der Waals surface area contributed by atoms with Crippen LogP contribution >= 0.6 is 0 Å². The summed E-state index contributed by atoms with van der Waals surface area (Å²) in [6.45, 7) is 2.80. The minimum Gasteiger partial charge on any atom is -0.364 e. The minimum absolute atomic E-state index is 0.436. The molecule has 1 aliphatic rings. The lowest BCUT2D eigenvalue weighted by Crippen LogP contribution is -2.05. The molecule has 134 valence electrons. The number of rotatable bonds is 5. The Hall–Kier alpha value is -3.28. The van der Waals surface area contributed by atoms with Crippen LogP contribution in [0.5, 0.6) is 0 Å². The molecule has 1 N–H and O–H groups in total. The monoisotopic (exact) mass is 357 g/mol. The molecule has 4 aromatic rings. The van der Waals surface area contributed by atoms with E-state index in [1.165, 1.54) is 11.1 Å². The van der Waals surface area contributed by atoms with Gasteiger partial charge in [-0.1, -0.05) is 53.7 Å². The average molecular weight is 357 g/mol. The molecule has 1 aliphatic carbocycles.